The Morgan fingerprint density at radius 1 is 1.22 bits per heavy atom. The summed E-state index contributed by atoms with van der Waals surface area (Å²) in [4.78, 5) is 15.9. The first-order valence-electron chi connectivity index (χ1n) is 14.2. The molecule has 9 heteroatoms. The minimum absolute atomic E-state index is 0.0610. The average Bonchev–Trinajstić information content (AvgIpc) is 3.29. The van der Waals surface area contributed by atoms with Gasteiger partial charge in [0.25, 0.3) is 0 Å². The van der Waals surface area contributed by atoms with Crippen molar-refractivity contribution in [2.24, 2.45) is 17.8 Å². The van der Waals surface area contributed by atoms with E-state index in [1.54, 1.807) is 17.8 Å². The molecule has 1 unspecified atom stereocenters. The third kappa shape index (κ3) is 9.15. The van der Waals surface area contributed by atoms with Crippen molar-refractivity contribution in [3.63, 3.8) is 0 Å². The van der Waals surface area contributed by atoms with Crippen LogP contribution in [0, 0.1) is 29.1 Å². The Balaban J connectivity index is 1.28. The van der Waals surface area contributed by atoms with Crippen LogP contribution in [0.4, 0.5) is 0 Å². The lowest BCUT2D eigenvalue weighted by molar-refractivity contribution is 0.0195. The van der Waals surface area contributed by atoms with Gasteiger partial charge >= 0.3 is 5.97 Å². The van der Waals surface area contributed by atoms with Gasteiger partial charge in [-0.25, -0.2) is 4.79 Å². The Morgan fingerprint density at radius 2 is 2.00 bits per heavy atom. The molecule has 41 heavy (non-hydrogen) atoms. The van der Waals surface area contributed by atoms with Crippen molar-refractivity contribution in [3.05, 3.63) is 75.3 Å². The van der Waals surface area contributed by atoms with Crippen molar-refractivity contribution in [1.82, 2.24) is 4.90 Å². The number of thioether (sulfide) groups is 1. The van der Waals surface area contributed by atoms with E-state index in [9.17, 15) is 15.2 Å². The Kier molecular flexibility index (Phi) is 12.3. The maximum Gasteiger partial charge on any atom is 0.338 e. The minimum Gasteiger partial charge on any atom is -0.461 e. The lowest BCUT2D eigenvalue weighted by Gasteiger charge is -2.26. The van der Waals surface area contributed by atoms with E-state index in [1.807, 2.05) is 56.3 Å². The summed E-state index contributed by atoms with van der Waals surface area (Å²) in [5.74, 6) is 0.793. The van der Waals surface area contributed by atoms with Crippen LogP contribution < -0.4 is 0 Å². The van der Waals surface area contributed by atoms with E-state index in [-0.39, 0.29) is 23.7 Å². The fraction of sp³-hybridized carbons (Fsp3) is 0.500. The van der Waals surface area contributed by atoms with Gasteiger partial charge in [-0.05, 0) is 53.6 Å². The van der Waals surface area contributed by atoms with E-state index < -0.39 is 6.10 Å². The summed E-state index contributed by atoms with van der Waals surface area (Å²) in [6.45, 7) is 9.12. The molecule has 1 aliphatic heterocycles. The van der Waals surface area contributed by atoms with Crippen LogP contribution in [0.1, 0.15) is 47.9 Å². The zero-order valence-electron chi connectivity index (χ0n) is 23.8. The highest BCUT2D eigenvalue weighted by molar-refractivity contribution is 9.11. The number of carbonyl (C=O) groups excluding carboxylic acids is 1. The van der Waals surface area contributed by atoms with Crippen LogP contribution in [0.25, 0.3) is 0 Å². The van der Waals surface area contributed by atoms with Crippen LogP contribution >= 0.6 is 27.7 Å². The van der Waals surface area contributed by atoms with E-state index in [4.69, 9.17) is 14.2 Å². The first-order chi connectivity index (χ1) is 19.9. The van der Waals surface area contributed by atoms with E-state index in [2.05, 4.69) is 26.9 Å². The molecule has 220 valence electrons. The maximum absolute atomic E-state index is 12.6. The number of aliphatic hydroxyl groups excluding tert-OH is 1. The van der Waals surface area contributed by atoms with E-state index in [0.29, 0.717) is 31.9 Å². The minimum atomic E-state index is -0.498. The molecule has 2 aliphatic rings. The molecule has 0 saturated carbocycles. The number of nitriles is 1. The van der Waals surface area contributed by atoms with Gasteiger partial charge in [-0.3, -0.25) is 4.90 Å². The summed E-state index contributed by atoms with van der Waals surface area (Å²) >= 11 is 5.33. The van der Waals surface area contributed by atoms with Gasteiger partial charge in [0.15, 0.2) is 0 Å². The van der Waals surface area contributed by atoms with Gasteiger partial charge in [0, 0.05) is 46.3 Å². The van der Waals surface area contributed by atoms with Crippen LogP contribution in [0.2, 0.25) is 0 Å². The normalized spacial score (nSPS) is 20.3. The summed E-state index contributed by atoms with van der Waals surface area (Å²) in [5.41, 5.74) is 3.12. The number of rotatable bonds is 13. The molecule has 1 fully saturated rings. The molecule has 2 aromatic rings. The second-order valence-electron chi connectivity index (χ2n) is 10.9. The number of allylic oxidation sites excluding steroid dienone is 2. The van der Waals surface area contributed by atoms with Gasteiger partial charge in [-0.2, -0.15) is 5.26 Å². The molecule has 2 aromatic carbocycles. The smallest absolute Gasteiger partial charge is 0.338 e. The molecular weight excluding hydrogens is 604 g/mol. The molecule has 7 nitrogen and oxygen atoms in total. The maximum atomic E-state index is 12.6. The predicted octanol–water partition coefficient (Wildman–Crippen LogP) is 5.98. The average molecular weight is 644 g/mol. The molecule has 0 aromatic heterocycles. The Morgan fingerprint density at radius 3 is 2.76 bits per heavy atom. The summed E-state index contributed by atoms with van der Waals surface area (Å²) in [5, 5.41) is 20.3. The zero-order valence-corrected chi connectivity index (χ0v) is 26.2. The van der Waals surface area contributed by atoms with E-state index in [1.165, 1.54) is 0 Å². The number of hydrogen-bond acceptors (Lipinski definition) is 8. The van der Waals surface area contributed by atoms with Crippen molar-refractivity contribution in [2.75, 3.05) is 51.8 Å². The third-order valence-electron chi connectivity index (χ3n) is 7.56. The highest BCUT2D eigenvalue weighted by Gasteiger charge is 2.34. The number of esters is 1. The quantitative estimate of drug-likeness (QED) is 0.211. The number of morpholine rings is 1. The molecule has 3 atom stereocenters. The number of aliphatic hydroxyl groups is 1. The van der Waals surface area contributed by atoms with Gasteiger partial charge in [0.2, 0.25) is 0 Å². The summed E-state index contributed by atoms with van der Waals surface area (Å²) in [6.07, 6.45) is 0.262. The molecular formula is C32H39BrN2O5S. The molecule has 1 N–H and O–H groups in total. The lowest BCUT2D eigenvalue weighted by Crippen LogP contribution is -2.38. The van der Waals surface area contributed by atoms with Crippen LogP contribution in [-0.4, -0.2) is 67.8 Å². The summed E-state index contributed by atoms with van der Waals surface area (Å²) < 4.78 is 17.9. The summed E-state index contributed by atoms with van der Waals surface area (Å²) in [6, 6.07) is 17.8. The number of carbonyl (C=O) groups is 1. The monoisotopic (exact) mass is 642 g/mol. The fourth-order valence-electron chi connectivity index (χ4n) is 5.11. The van der Waals surface area contributed by atoms with Crippen molar-refractivity contribution in [3.8, 4) is 6.07 Å². The molecule has 1 heterocycles. The second kappa shape index (κ2) is 15.9. The molecule has 0 radical (unpaired) electrons. The molecule has 0 amide bonds. The second-order valence-corrected chi connectivity index (χ2v) is 12.9. The zero-order chi connectivity index (χ0) is 29.2. The predicted molar refractivity (Wildman–Crippen MR) is 164 cm³/mol. The van der Waals surface area contributed by atoms with Crippen molar-refractivity contribution < 1.29 is 24.1 Å². The number of nitrogens with zero attached hydrogens (tertiary/aromatic N) is 2. The molecule has 4 rings (SSSR count). The standard InChI is InChI=1S/C32H39BrN2O5S/c1-22(2)31(36)24-6-4-8-27(16-24)41-21-29-26(17-30(33)28(29)18-34)20-39-19-23-5-3-7-25(15-23)32(37)40-14-11-35-9-12-38-13-10-35/h3-8,15-16,22,26,29,31,36H,9-14,17,19-21H2,1-2H3/t26-,29-,31?/m1/s1. The SMILES string of the molecule is CC(C)C(O)c1cccc(SC[C@H]2C(C#N)=C(Br)C[C@@H]2COCc2cccc(C(=O)OCCN3CCOCC3)c2)c1. The number of ether oxygens (including phenoxy) is 3. The Hall–Kier alpha value is -2.19. The first-order valence-corrected chi connectivity index (χ1v) is 16.0. The third-order valence-corrected chi connectivity index (χ3v) is 9.43. The molecule has 1 saturated heterocycles. The number of halogens is 1. The van der Waals surface area contributed by atoms with E-state index in [0.717, 1.165) is 64.6 Å². The van der Waals surface area contributed by atoms with Crippen LogP contribution in [0.15, 0.2) is 63.5 Å². The largest absolute Gasteiger partial charge is 0.461 e. The topological polar surface area (TPSA) is 92.0 Å². The van der Waals surface area contributed by atoms with Crippen molar-refractivity contribution in [1.29, 1.82) is 5.26 Å². The van der Waals surface area contributed by atoms with Gasteiger partial charge in [0.1, 0.15) is 6.61 Å². The highest BCUT2D eigenvalue weighted by atomic mass is 79.9. The lowest BCUT2D eigenvalue weighted by atomic mass is 9.94. The van der Waals surface area contributed by atoms with Gasteiger partial charge in [-0.15, -0.1) is 11.8 Å². The summed E-state index contributed by atoms with van der Waals surface area (Å²) in [7, 11) is 0. The number of hydrogen-bond donors (Lipinski definition) is 1. The van der Waals surface area contributed by atoms with Crippen molar-refractivity contribution in [2.45, 2.75) is 37.9 Å². The Bertz CT molecular complexity index is 1240. The van der Waals surface area contributed by atoms with Gasteiger partial charge < -0.3 is 19.3 Å². The van der Waals surface area contributed by atoms with Crippen LogP contribution in [0.5, 0.6) is 0 Å². The van der Waals surface area contributed by atoms with Gasteiger partial charge in [-0.1, -0.05) is 54.0 Å². The number of benzene rings is 2. The fourth-order valence-corrected chi connectivity index (χ4v) is 7.11. The molecule has 0 bridgehead atoms. The van der Waals surface area contributed by atoms with E-state index >= 15 is 0 Å². The Labute approximate surface area is 256 Å². The highest BCUT2D eigenvalue weighted by Crippen LogP contribution is 2.43. The molecule has 0 spiro atoms. The van der Waals surface area contributed by atoms with Crippen molar-refractivity contribution >= 4 is 33.7 Å². The van der Waals surface area contributed by atoms with Crippen LogP contribution in [0.3, 0.4) is 0 Å². The first kappa shape index (κ1) is 31.7. The van der Waals surface area contributed by atoms with Crippen LogP contribution in [-0.2, 0) is 20.8 Å². The van der Waals surface area contributed by atoms with Gasteiger partial charge in [0.05, 0.1) is 44.2 Å². The molecule has 1 aliphatic carbocycles.